The van der Waals surface area contributed by atoms with Crippen molar-refractivity contribution in [2.45, 2.75) is 13.5 Å². The highest BCUT2D eigenvalue weighted by Gasteiger charge is 2.14. The summed E-state index contributed by atoms with van der Waals surface area (Å²) in [5.74, 6) is 0.723. The standard InChI is InChI=1S/C23H19N3O4/c1-2-28-19-11-4-3-10-18(19)23-25-20(30-26-23)15-29-21(27)13-12-17-8-5-7-16-9-6-14-24-22(16)17/h3-14H,2,15H2,1H3/b13-12+. The van der Waals surface area contributed by atoms with Crippen molar-refractivity contribution in [1.82, 2.24) is 15.1 Å². The van der Waals surface area contributed by atoms with Crippen molar-refractivity contribution in [3.8, 4) is 17.1 Å². The molecule has 0 unspecified atom stereocenters. The zero-order chi connectivity index (χ0) is 20.8. The normalized spacial score (nSPS) is 11.1. The molecular formula is C23H19N3O4. The molecule has 0 amide bonds. The summed E-state index contributed by atoms with van der Waals surface area (Å²) in [5.41, 5.74) is 2.36. The molecule has 0 aliphatic rings. The van der Waals surface area contributed by atoms with Crippen LogP contribution in [0.15, 0.2) is 71.4 Å². The van der Waals surface area contributed by atoms with Crippen molar-refractivity contribution in [2.24, 2.45) is 0 Å². The largest absolute Gasteiger partial charge is 0.493 e. The summed E-state index contributed by atoms with van der Waals surface area (Å²) in [6.45, 7) is 2.30. The highest BCUT2D eigenvalue weighted by molar-refractivity contribution is 5.92. The SMILES string of the molecule is CCOc1ccccc1-c1noc(COC(=O)/C=C/c2cccc3cccnc23)n1. The third-order valence-electron chi connectivity index (χ3n) is 4.30. The summed E-state index contributed by atoms with van der Waals surface area (Å²) in [4.78, 5) is 20.7. The maximum Gasteiger partial charge on any atom is 0.331 e. The zero-order valence-corrected chi connectivity index (χ0v) is 16.3. The zero-order valence-electron chi connectivity index (χ0n) is 16.3. The van der Waals surface area contributed by atoms with Crippen LogP contribution < -0.4 is 4.74 Å². The second kappa shape index (κ2) is 9.00. The molecule has 0 radical (unpaired) electrons. The predicted molar refractivity (Wildman–Crippen MR) is 111 cm³/mol. The minimum Gasteiger partial charge on any atom is -0.493 e. The van der Waals surface area contributed by atoms with E-state index in [4.69, 9.17) is 14.0 Å². The van der Waals surface area contributed by atoms with Crippen molar-refractivity contribution in [1.29, 1.82) is 0 Å². The molecule has 30 heavy (non-hydrogen) atoms. The van der Waals surface area contributed by atoms with Crippen LogP contribution in [0.3, 0.4) is 0 Å². The Bertz CT molecular complexity index is 1190. The molecule has 0 bridgehead atoms. The van der Waals surface area contributed by atoms with Gasteiger partial charge in [0.1, 0.15) is 5.75 Å². The summed E-state index contributed by atoms with van der Waals surface area (Å²) in [7, 11) is 0. The highest BCUT2D eigenvalue weighted by Crippen LogP contribution is 2.27. The van der Waals surface area contributed by atoms with E-state index in [0.717, 1.165) is 16.5 Å². The van der Waals surface area contributed by atoms with Gasteiger partial charge in [-0.2, -0.15) is 4.98 Å². The van der Waals surface area contributed by atoms with Gasteiger partial charge in [-0.1, -0.05) is 41.6 Å². The third kappa shape index (κ3) is 4.35. The van der Waals surface area contributed by atoms with Crippen LogP contribution in [0.1, 0.15) is 18.4 Å². The van der Waals surface area contributed by atoms with E-state index in [-0.39, 0.29) is 12.5 Å². The Morgan fingerprint density at radius 2 is 1.97 bits per heavy atom. The van der Waals surface area contributed by atoms with Crippen molar-refractivity contribution in [2.75, 3.05) is 6.61 Å². The monoisotopic (exact) mass is 401 g/mol. The first-order valence-electron chi connectivity index (χ1n) is 9.48. The second-order valence-electron chi connectivity index (χ2n) is 6.30. The Morgan fingerprint density at radius 1 is 1.10 bits per heavy atom. The number of esters is 1. The number of hydrogen-bond acceptors (Lipinski definition) is 7. The summed E-state index contributed by atoms with van der Waals surface area (Å²) < 4.78 is 16.0. The lowest BCUT2D eigenvalue weighted by Crippen LogP contribution is -2.01. The summed E-state index contributed by atoms with van der Waals surface area (Å²) in [5, 5.41) is 4.95. The fraction of sp³-hybridized carbons (Fsp3) is 0.130. The second-order valence-corrected chi connectivity index (χ2v) is 6.30. The van der Waals surface area contributed by atoms with Crippen molar-refractivity contribution >= 4 is 22.9 Å². The Morgan fingerprint density at radius 3 is 2.87 bits per heavy atom. The molecule has 7 heteroatoms. The Labute approximate surface area is 173 Å². The van der Waals surface area contributed by atoms with Gasteiger partial charge in [0.05, 0.1) is 17.7 Å². The molecule has 0 aliphatic carbocycles. The van der Waals surface area contributed by atoms with E-state index in [0.29, 0.717) is 23.7 Å². The number of aromatic nitrogens is 3. The predicted octanol–water partition coefficient (Wildman–Crippen LogP) is 4.44. The molecule has 0 N–H and O–H groups in total. The number of ether oxygens (including phenoxy) is 2. The van der Waals surface area contributed by atoms with Crippen LogP contribution >= 0.6 is 0 Å². The van der Waals surface area contributed by atoms with E-state index in [9.17, 15) is 4.79 Å². The molecule has 0 saturated carbocycles. The van der Waals surface area contributed by atoms with E-state index in [2.05, 4.69) is 15.1 Å². The topological polar surface area (TPSA) is 87.3 Å². The molecular weight excluding hydrogens is 382 g/mol. The highest BCUT2D eigenvalue weighted by atomic mass is 16.6. The molecule has 150 valence electrons. The number of carbonyl (C=O) groups excluding carboxylic acids is 1. The maximum absolute atomic E-state index is 12.1. The van der Waals surface area contributed by atoms with Gasteiger partial charge in [-0.15, -0.1) is 0 Å². The van der Waals surface area contributed by atoms with Crippen molar-refractivity contribution in [3.05, 3.63) is 78.3 Å². The number of fused-ring (bicyclic) bond motifs is 1. The number of rotatable bonds is 7. The van der Waals surface area contributed by atoms with Crippen LogP contribution in [-0.2, 0) is 16.1 Å². The van der Waals surface area contributed by atoms with E-state index in [1.165, 1.54) is 6.08 Å². The molecule has 2 aromatic heterocycles. The number of hydrogen-bond donors (Lipinski definition) is 0. The minimum atomic E-state index is -0.516. The molecule has 0 fully saturated rings. The number of para-hydroxylation sites is 2. The van der Waals surface area contributed by atoms with Gasteiger partial charge in [0, 0.05) is 23.2 Å². The average Bonchev–Trinajstić information content (AvgIpc) is 3.26. The number of pyridine rings is 1. The molecule has 0 spiro atoms. The van der Waals surface area contributed by atoms with Gasteiger partial charge in [-0.05, 0) is 31.2 Å². The fourth-order valence-electron chi connectivity index (χ4n) is 2.96. The lowest BCUT2D eigenvalue weighted by atomic mass is 10.1. The molecule has 0 atom stereocenters. The molecule has 0 saturated heterocycles. The minimum absolute atomic E-state index is 0.124. The van der Waals surface area contributed by atoms with E-state index in [1.807, 2.05) is 61.5 Å². The van der Waals surface area contributed by atoms with Crippen LogP contribution in [0.5, 0.6) is 5.75 Å². The van der Waals surface area contributed by atoms with Crippen molar-refractivity contribution < 1.29 is 18.8 Å². The van der Waals surface area contributed by atoms with Crippen molar-refractivity contribution in [3.63, 3.8) is 0 Å². The van der Waals surface area contributed by atoms with Gasteiger partial charge in [-0.3, -0.25) is 4.98 Å². The van der Waals surface area contributed by atoms with E-state index < -0.39 is 5.97 Å². The van der Waals surface area contributed by atoms with Gasteiger partial charge in [0.25, 0.3) is 5.89 Å². The van der Waals surface area contributed by atoms with Gasteiger partial charge in [-0.25, -0.2) is 4.79 Å². The van der Waals surface area contributed by atoms with E-state index >= 15 is 0 Å². The number of benzene rings is 2. The van der Waals surface area contributed by atoms with Crippen LogP contribution in [-0.4, -0.2) is 27.7 Å². The molecule has 2 heterocycles. The lowest BCUT2D eigenvalue weighted by molar-refractivity contribution is -0.139. The van der Waals surface area contributed by atoms with E-state index in [1.54, 1.807) is 12.3 Å². The van der Waals surface area contributed by atoms with Gasteiger partial charge in [0.15, 0.2) is 6.61 Å². The summed E-state index contributed by atoms with van der Waals surface area (Å²) in [6, 6.07) is 17.0. The molecule has 4 rings (SSSR count). The first-order valence-corrected chi connectivity index (χ1v) is 9.48. The Balaban J connectivity index is 1.41. The Kier molecular flexibility index (Phi) is 5.80. The van der Waals surface area contributed by atoms with Crippen LogP contribution in [0.2, 0.25) is 0 Å². The Hall–Kier alpha value is -4.00. The van der Waals surface area contributed by atoms with Crippen LogP contribution in [0, 0.1) is 0 Å². The molecule has 4 aromatic rings. The lowest BCUT2D eigenvalue weighted by Gasteiger charge is -2.05. The van der Waals surface area contributed by atoms with Gasteiger partial charge >= 0.3 is 5.97 Å². The van der Waals surface area contributed by atoms with Gasteiger partial charge in [0.2, 0.25) is 5.82 Å². The van der Waals surface area contributed by atoms with Crippen LogP contribution in [0.4, 0.5) is 0 Å². The molecule has 2 aromatic carbocycles. The summed E-state index contributed by atoms with van der Waals surface area (Å²) >= 11 is 0. The fourth-order valence-corrected chi connectivity index (χ4v) is 2.96. The number of nitrogens with zero attached hydrogens (tertiary/aromatic N) is 3. The molecule has 7 nitrogen and oxygen atoms in total. The van der Waals surface area contributed by atoms with Gasteiger partial charge < -0.3 is 14.0 Å². The summed E-state index contributed by atoms with van der Waals surface area (Å²) in [6.07, 6.45) is 4.75. The van der Waals surface area contributed by atoms with Crippen LogP contribution in [0.25, 0.3) is 28.4 Å². The third-order valence-corrected chi connectivity index (χ3v) is 4.30. The smallest absolute Gasteiger partial charge is 0.331 e. The molecule has 0 aliphatic heterocycles. The number of carbonyl (C=O) groups is 1. The first-order chi connectivity index (χ1) is 14.7. The maximum atomic E-state index is 12.1. The quantitative estimate of drug-likeness (QED) is 0.334. The first kappa shape index (κ1) is 19.3. The average molecular weight is 401 g/mol.